The van der Waals surface area contributed by atoms with Crippen LogP contribution in [0.5, 0.6) is 0 Å². The number of hydrogen-bond donors (Lipinski definition) is 1. The molecule has 3 nitrogen and oxygen atoms in total. The SMILES string of the molecule is Cc1cc(COCC(F)F)oc1CNCC(C)C. The van der Waals surface area contributed by atoms with Gasteiger partial charge in [0, 0.05) is 0 Å². The van der Waals surface area contributed by atoms with E-state index in [1.165, 1.54) is 0 Å². The maximum Gasteiger partial charge on any atom is 0.261 e. The molecule has 0 aliphatic carbocycles. The summed E-state index contributed by atoms with van der Waals surface area (Å²) in [4.78, 5) is 0. The molecule has 1 heterocycles. The van der Waals surface area contributed by atoms with Gasteiger partial charge in [0.25, 0.3) is 6.43 Å². The van der Waals surface area contributed by atoms with Crippen LogP contribution in [-0.4, -0.2) is 19.6 Å². The van der Waals surface area contributed by atoms with Gasteiger partial charge >= 0.3 is 0 Å². The average Bonchev–Trinajstić information content (AvgIpc) is 2.58. The van der Waals surface area contributed by atoms with E-state index in [-0.39, 0.29) is 6.61 Å². The Morgan fingerprint density at radius 3 is 2.72 bits per heavy atom. The summed E-state index contributed by atoms with van der Waals surface area (Å²) in [6.07, 6.45) is -2.44. The summed E-state index contributed by atoms with van der Waals surface area (Å²) in [5.74, 6) is 2.01. The third-order valence-corrected chi connectivity index (χ3v) is 2.40. The van der Waals surface area contributed by atoms with Gasteiger partial charge in [-0.15, -0.1) is 0 Å². The molecule has 0 atom stereocenters. The standard InChI is InChI=1S/C13H21F2NO2/c1-9(2)5-16-6-12-10(3)4-11(18-12)7-17-8-13(14)15/h4,9,13,16H,5-8H2,1-3H3. The molecule has 5 heteroatoms. The summed E-state index contributed by atoms with van der Waals surface area (Å²) in [5, 5.41) is 3.28. The molecule has 0 spiro atoms. The lowest BCUT2D eigenvalue weighted by Gasteiger charge is -2.06. The Balaban J connectivity index is 2.38. The third kappa shape index (κ3) is 5.60. The van der Waals surface area contributed by atoms with E-state index in [0.29, 0.717) is 18.2 Å². The molecule has 0 aliphatic rings. The van der Waals surface area contributed by atoms with Crippen molar-refractivity contribution in [3.63, 3.8) is 0 Å². The first-order valence-electron chi connectivity index (χ1n) is 6.13. The van der Waals surface area contributed by atoms with Crippen molar-refractivity contribution < 1.29 is 17.9 Å². The molecule has 1 rings (SSSR count). The zero-order chi connectivity index (χ0) is 13.5. The summed E-state index contributed by atoms with van der Waals surface area (Å²) >= 11 is 0. The molecule has 0 saturated carbocycles. The molecule has 0 unspecified atom stereocenters. The van der Waals surface area contributed by atoms with Gasteiger partial charge in [-0.3, -0.25) is 0 Å². The van der Waals surface area contributed by atoms with Gasteiger partial charge in [-0.2, -0.15) is 0 Å². The first kappa shape index (κ1) is 15.1. The molecule has 0 saturated heterocycles. The second-order valence-electron chi connectivity index (χ2n) is 4.75. The van der Waals surface area contributed by atoms with Crippen molar-refractivity contribution in [2.45, 2.75) is 40.3 Å². The van der Waals surface area contributed by atoms with Gasteiger partial charge in [0.1, 0.15) is 24.7 Å². The number of nitrogens with one attached hydrogen (secondary N) is 1. The van der Waals surface area contributed by atoms with E-state index in [4.69, 9.17) is 9.15 Å². The number of alkyl halides is 2. The van der Waals surface area contributed by atoms with Gasteiger partial charge < -0.3 is 14.5 Å². The van der Waals surface area contributed by atoms with E-state index < -0.39 is 13.0 Å². The average molecular weight is 261 g/mol. The van der Waals surface area contributed by atoms with Crippen LogP contribution >= 0.6 is 0 Å². The molecule has 1 N–H and O–H groups in total. The molecule has 18 heavy (non-hydrogen) atoms. The van der Waals surface area contributed by atoms with Crippen molar-refractivity contribution in [2.75, 3.05) is 13.2 Å². The number of ether oxygens (including phenoxy) is 1. The van der Waals surface area contributed by atoms with Crippen molar-refractivity contribution in [1.82, 2.24) is 5.32 Å². The van der Waals surface area contributed by atoms with Crippen molar-refractivity contribution in [2.24, 2.45) is 5.92 Å². The zero-order valence-corrected chi connectivity index (χ0v) is 11.1. The van der Waals surface area contributed by atoms with Crippen molar-refractivity contribution >= 4 is 0 Å². The Kier molecular flexibility index (Phi) is 6.29. The van der Waals surface area contributed by atoms with Crippen molar-refractivity contribution in [1.29, 1.82) is 0 Å². The number of aryl methyl sites for hydroxylation is 1. The van der Waals surface area contributed by atoms with Gasteiger partial charge in [-0.1, -0.05) is 13.8 Å². The lowest BCUT2D eigenvalue weighted by Crippen LogP contribution is -2.18. The highest BCUT2D eigenvalue weighted by atomic mass is 19.3. The van der Waals surface area contributed by atoms with Gasteiger partial charge in [0.05, 0.1) is 6.54 Å². The Morgan fingerprint density at radius 2 is 2.11 bits per heavy atom. The normalized spacial score (nSPS) is 11.7. The smallest absolute Gasteiger partial charge is 0.261 e. The fourth-order valence-corrected chi connectivity index (χ4v) is 1.56. The van der Waals surface area contributed by atoms with E-state index in [1.807, 2.05) is 13.0 Å². The molecular formula is C13H21F2NO2. The fraction of sp³-hybridized carbons (Fsp3) is 0.692. The van der Waals surface area contributed by atoms with Crippen LogP contribution in [-0.2, 0) is 17.9 Å². The largest absolute Gasteiger partial charge is 0.462 e. The van der Waals surface area contributed by atoms with E-state index in [9.17, 15) is 8.78 Å². The Hall–Kier alpha value is -0.940. The van der Waals surface area contributed by atoms with Crippen molar-refractivity contribution in [3.8, 4) is 0 Å². The monoisotopic (exact) mass is 261 g/mol. The van der Waals surface area contributed by atoms with Gasteiger partial charge in [-0.25, -0.2) is 8.78 Å². The highest BCUT2D eigenvalue weighted by Crippen LogP contribution is 2.15. The highest BCUT2D eigenvalue weighted by Gasteiger charge is 2.09. The number of rotatable bonds is 8. The minimum Gasteiger partial charge on any atom is -0.462 e. The molecule has 104 valence electrons. The van der Waals surface area contributed by atoms with Gasteiger partial charge in [0.15, 0.2) is 0 Å². The minimum absolute atomic E-state index is 0.0926. The maximum absolute atomic E-state index is 11.9. The van der Waals surface area contributed by atoms with Crippen LogP contribution in [0.2, 0.25) is 0 Å². The first-order chi connectivity index (χ1) is 8.49. The fourth-order valence-electron chi connectivity index (χ4n) is 1.56. The van der Waals surface area contributed by atoms with E-state index in [2.05, 4.69) is 19.2 Å². The molecule has 0 radical (unpaired) electrons. The summed E-state index contributed by atoms with van der Waals surface area (Å²) in [5.41, 5.74) is 1.02. The van der Waals surface area contributed by atoms with E-state index in [1.54, 1.807) is 0 Å². The summed E-state index contributed by atoms with van der Waals surface area (Å²) in [6, 6.07) is 1.83. The Labute approximate surface area is 107 Å². The van der Waals surface area contributed by atoms with Crippen LogP contribution in [0.25, 0.3) is 0 Å². The molecule has 0 amide bonds. The van der Waals surface area contributed by atoms with E-state index >= 15 is 0 Å². The van der Waals surface area contributed by atoms with Crippen LogP contribution in [0.15, 0.2) is 10.5 Å². The second kappa shape index (κ2) is 7.48. The Morgan fingerprint density at radius 1 is 1.39 bits per heavy atom. The quantitative estimate of drug-likeness (QED) is 0.780. The van der Waals surface area contributed by atoms with Crippen molar-refractivity contribution in [3.05, 3.63) is 23.2 Å². The minimum atomic E-state index is -2.44. The lowest BCUT2D eigenvalue weighted by atomic mass is 10.2. The van der Waals surface area contributed by atoms with Crippen LogP contribution in [0, 0.1) is 12.8 Å². The summed E-state index contributed by atoms with van der Waals surface area (Å²) in [7, 11) is 0. The van der Waals surface area contributed by atoms with Crippen LogP contribution in [0.4, 0.5) is 8.78 Å². The Bertz CT molecular complexity index is 351. The second-order valence-corrected chi connectivity index (χ2v) is 4.75. The molecule has 0 aromatic carbocycles. The number of halogens is 2. The van der Waals surface area contributed by atoms with Crippen LogP contribution in [0.3, 0.4) is 0 Å². The van der Waals surface area contributed by atoms with Crippen LogP contribution in [0.1, 0.15) is 30.9 Å². The molecular weight excluding hydrogens is 240 g/mol. The molecule has 0 aliphatic heterocycles. The molecule has 0 fully saturated rings. The van der Waals surface area contributed by atoms with Gasteiger partial charge in [-0.05, 0) is 31.0 Å². The maximum atomic E-state index is 11.9. The van der Waals surface area contributed by atoms with Gasteiger partial charge in [0.2, 0.25) is 0 Å². The first-order valence-corrected chi connectivity index (χ1v) is 6.13. The topological polar surface area (TPSA) is 34.4 Å². The number of hydrogen-bond acceptors (Lipinski definition) is 3. The molecule has 1 aromatic heterocycles. The molecule has 0 bridgehead atoms. The number of furan rings is 1. The summed E-state index contributed by atoms with van der Waals surface area (Å²) < 4.78 is 34.2. The third-order valence-electron chi connectivity index (χ3n) is 2.40. The predicted octanol–water partition coefficient (Wildman–Crippen LogP) is 3.12. The van der Waals surface area contributed by atoms with Crippen LogP contribution < -0.4 is 5.32 Å². The van der Waals surface area contributed by atoms with E-state index in [0.717, 1.165) is 17.9 Å². The molecule has 1 aromatic rings. The summed E-state index contributed by atoms with van der Waals surface area (Å²) in [6.45, 7) is 7.30. The predicted molar refractivity (Wildman–Crippen MR) is 65.6 cm³/mol. The lowest BCUT2D eigenvalue weighted by molar-refractivity contribution is 0.00426. The zero-order valence-electron chi connectivity index (χ0n) is 11.1. The highest BCUT2D eigenvalue weighted by molar-refractivity contribution is 5.19.